The van der Waals surface area contributed by atoms with Gasteiger partial charge >= 0.3 is 6.18 Å². The molecular weight excluding hydrogens is 496 g/mol. The van der Waals surface area contributed by atoms with Gasteiger partial charge in [0.1, 0.15) is 5.82 Å². The van der Waals surface area contributed by atoms with Gasteiger partial charge in [0.25, 0.3) is 11.8 Å². The molecule has 3 aromatic heterocycles. The van der Waals surface area contributed by atoms with Gasteiger partial charge in [0.15, 0.2) is 11.4 Å². The molecule has 2 amide bonds. The number of alkyl halides is 4. The molecule has 3 heterocycles. The summed E-state index contributed by atoms with van der Waals surface area (Å²) in [5.41, 5.74) is 3.93. The highest BCUT2D eigenvalue weighted by atomic mass is 19.4. The second-order valence-electron chi connectivity index (χ2n) is 8.82. The first kappa shape index (κ1) is 24.3. The third kappa shape index (κ3) is 4.27. The number of amides is 2. The Balaban J connectivity index is 1.55. The number of fused-ring (bicyclic) bond motifs is 3. The van der Waals surface area contributed by atoms with Crippen LogP contribution in [0.25, 0.3) is 21.8 Å². The van der Waals surface area contributed by atoms with Crippen molar-refractivity contribution in [1.82, 2.24) is 35.0 Å². The van der Waals surface area contributed by atoms with Crippen molar-refractivity contribution in [3.63, 3.8) is 0 Å². The Morgan fingerprint density at radius 2 is 1.86 bits per heavy atom. The molecule has 0 unspecified atom stereocenters. The van der Waals surface area contributed by atoms with Crippen molar-refractivity contribution in [3.8, 4) is 0 Å². The van der Waals surface area contributed by atoms with Gasteiger partial charge in [-0.1, -0.05) is 0 Å². The van der Waals surface area contributed by atoms with Crippen LogP contribution < -0.4 is 5.73 Å². The molecule has 37 heavy (non-hydrogen) atoms. The van der Waals surface area contributed by atoms with Gasteiger partial charge in [0.2, 0.25) is 0 Å². The smallest absolute Gasteiger partial charge is 0.383 e. The van der Waals surface area contributed by atoms with Gasteiger partial charge in [-0.05, 0) is 43.2 Å². The molecule has 0 aliphatic heterocycles. The summed E-state index contributed by atoms with van der Waals surface area (Å²) < 4.78 is 54.9. The van der Waals surface area contributed by atoms with Crippen LogP contribution in [-0.4, -0.2) is 59.5 Å². The largest absolute Gasteiger partial charge is 0.435 e. The minimum Gasteiger partial charge on any atom is -0.383 e. The van der Waals surface area contributed by atoms with Crippen LogP contribution in [0.15, 0.2) is 36.5 Å². The fraction of sp³-hybridized carbons (Fsp3) is 0.304. The molecule has 10 nitrogen and oxygen atoms in total. The Kier molecular flexibility index (Phi) is 5.49. The van der Waals surface area contributed by atoms with Gasteiger partial charge in [0, 0.05) is 25.0 Å². The van der Waals surface area contributed by atoms with Gasteiger partial charge in [-0.25, -0.2) is 14.4 Å². The monoisotopic (exact) mass is 516 g/mol. The van der Waals surface area contributed by atoms with Crippen LogP contribution in [0.3, 0.4) is 0 Å². The van der Waals surface area contributed by atoms with Crippen molar-refractivity contribution in [1.29, 1.82) is 0 Å². The average molecular weight is 516 g/mol. The molecule has 0 atom stereocenters. The Bertz CT molecular complexity index is 1550. The third-order valence-corrected chi connectivity index (χ3v) is 6.24. The highest BCUT2D eigenvalue weighted by Gasteiger charge is 2.53. The number of aromatic nitrogens is 5. The van der Waals surface area contributed by atoms with Crippen LogP contribution in [0, 0.1) is 0 Å². The Hall–Kier alpha value is -4.36. The second-order valence-corrected chi connectivity index (χ2v) is 8.82. The molecule has 0 radical (unpaired) electrons. The highest BCUT2D eigenvalue weighted by molar-refractivity contribution is 6.10. The lowest BCUT2D eigenvalue weighted by atomic mass is 10.1. The quantitative estimate of drug-likeness (QED) is 0.327. The maximum absolute atomic E-state index is 14.6. The fourth-order valence-electron chi connectivity index (χ4n) is 4.03. The van der Waals surface area contributed by atoms with Crippen molar-refractivity contribution >= 4 is 39.4 Å². The highest BCUT2D eigenvalue weighted by Crippen LogP contribution is 2.41. The van der Waals surface area contributed by atoms with E-state index in [9.17, 15) is 27.2 Å². The number of aryl methyl sites for hydroxylation is 1. The first-order valence-electron chi connectivity index (χ1n) is 11.1. The SMILES string of the molecule is CN(C(=O)C1(F)CC1)N(Cc1ccc(C(F)(F)F)nn1)C(=O)c1ccc2nc(N)c3cnn(C)c3c2c1. The number of nitrogen functional groups attached to an aromatic ring is 1. The number of rotatable bonds is 4. The van der Waals surface area contributed by atoms with E-state index in [1.165, 1.54) is 13.1 Å². The predicted octanol–water partition coefficient (Wildman–Crippen LogP) is 3.03. The van der Waals surface area contributed by atoms with Gasteiger partial charge in [0.05, 0.1) is 34.9 Å². The molecule has 1 aliphatic carbocycles. The summed E-state index contributed by atoms with van der Waals surface area (Å²) >= 11 is 0. The summed E-state index contributed by atoms with van der Waals surface area (Å²) in [6.07, 6.45) is -3.12. The Morgan fingerprint density at radius 1 is 1.14 bits per heavy atom. The van der Waals surface area contributed by atoms with Gasteiger partial charge in [-0.2, -0.15) is 23.4 Å². The summed E-state index contributed by atoms with van der Waals surface area (Å²) in [7, 11) is 2.92. The third-order valence-electron chi connectivity index (χ3n) is 6.24. The van der Waals surface area contributed by atoms with Crippen LogP contribution in [-0.2, 0) is 24.6 Å². The summed E-state index contributed by atoms with van der Waals surface area (Å²) in [6.45, 7) is -0.429. The Labute approximate surface area is 206 Å². The van der Waals surface area contributed by atoms with E-state index in [1.54, 1.807) is 30.1 Å². The molecule has 0 spiro atoms. The van der Waals surface area contributed by atoms with Crippen molar-refractivity contribution in [2.24, 2.45) is 7.05 Å². The van der Waals surface area contributed by atoms with Gasteiger partial charge in [-0.3, -0.25) is 19.3 Å². The van der Waals surface area contributed by atoms with E-state index in [1.807, 2.05) is 0 Å². The van der Waals surface area contributed by atoms with E-state index in [0.717, 1.165) is 22.2 Å². The summed E-state index contributed by atoms with van der Waals surface area (Å²) in [5.74, 6) is -1.39. The van der Waals surface area contributed by atoms with Crippen LogP contribution in [0.5, 0.6) is 0 Å². The van der Waals surface area contributed by atoms with Crippen LogP contribution in [0.2, 0.25) is 0 Å². The van der Waals surface area contributed by atoms with Crippen molar-refractivity contribution in [2.45, 2.75) is 31.2 Å². The molecule has 5 rings (SSSR count). The lowest BCUT2D eigenvalue weighted by molar-refractivity contribution is -0.150. The van der Waals surface area contributed by atoms with E-state index in [-0.39, 0.29) is 29.9 Å². The number of benzene rings is 1. The molecule has 14 heteroatoms. The summed E-state index contributed by atoms with van der Waals surface area (Å²) in [6, 6.07) is 6.34. The van der Waals surface area contributed by atoms with Crippen LogP contribution in [0.4, 0.5) is 23.4 Å². The molecule has 1 aliphatic rings. The van der Waals surface area contributed by atoms with E-state index in [4.69, 9.17) is 5.73 Å². The maximum Gasteiger partial charge on any atom is 0.435 e. The second kappa shape index (κ2) is 8.35. The van der Waals surface area contributed by atoms with E-state index < -0.39 is 35.9 Å². The van der Waals surface area contributed by atoms with Crippen molar-refractivity contribution < 1.29 is 27.2 Å². The number of carbonyl (C=O) groups is 2. The molecule has 0 bridgehead atoms. The molecule has 1 saturated carbocycles. The van der Waals surface area contributed by atoms with E-state index >= 15 is 0 Å². The minimum atomic E-state index is -4.69. The number of nitrogens with zero attached hydrogens (tertiary/aromatic N) is 7. The molecule has 192 valence electrons. The van der Waals surface area contributed by atoms with E-state index in [0.29, 0.717) is 21.8 Å². The fourth-order valence-corrected chi connectivity index (χ4v) is 4.03. The van der Waals surface area contributed by atoms with Crippen LogP contribution >= 0.6 is 0 Å². The van der Waals surface area contributed by atoms with Crippen molar-refractivity contribution in [2.75, 3.05) is 12.8 Å². The maximum atomic E-state index is 14.6. The zero-order valence-corrected chi connectivity index (χ0v) is 19.6. The van der Waals surface area contributed by atoms with Gasteiger partial charge in [-0.15, -0.1) is 5.10 Å². The summed E-state index contributed by atoms with van der Waals surface area (Å²) in [5, 5.41) is 13.8. The zero-order chi connectivity index (χ0) is 26.7. The van der Waals surface area contributed by atoms with Gasteiger partial charge < -0.3 is 5.73 Å². The number of halogens is 4. The number of nitrogens with two attached hydrogens (primary N) is 1. The first-order chi connectivity index (χ1) is 17.4. The standard InChI is InChI=1S/C23H20F4N8O2/c1-33-18-14-9-12(3-5-16(14)30-19(28)15(18)10-29-33)20(36)35(34(2)21(37)22(24)7-8-22)11-13-4-6-17(32-31-13)23(25,26)27/h3-6,9-10H,7-8,11H2,1-2H3,(H2,28,30). The average Bonchev–Trinajstić information content (AvgIpc) is 3.49. The van der Waals surface area contributed by atoms with Crippen LogP contribution in [0.1, 0.15) is 34.6 Å². The molecule has 4 aromatic rings. The summed E-state index contributed by atoms with van der Waals surface area (Å²) in [4.78, 5) is 30.7. The number of hydrogen-bond donors (Lipinski definition) is 1. The topological polar surface area (TPSA) is 123 Å². The number of hydrazine groups is 1. The molecule has 1 aromatic carbocycles. The molecule has 1 fully saturated rings. The number of hydrogen-bond acceptors (Lipinski definition) is 7. The van der Waals surface area contributed by atoms with E-state index in [2.05, 4.69) is 20.3 Å². The number of carbonyl (C=O) groups excluding carboxylic acids is 2. The lowest BCUT2D eigenvalue weighted by Gasteiger charge is -2.32. The zero-order valence-electron chi connectivity index (χ0n) is 19.6. The van der Waals surface area contributed by atoms with Crippen molar-refractivity contribution in [3.05, 3.63) is 53.5 Å². The molecule has 0 saturated heterocycles. The predicted molar refractivity (Wildman–Crippen MR) is 123 cm³/mol. The molecule has 2 N–H and O–H groups in total. The Morgan fingerprint density at radius 3 is 2.49 bits per heavy atom. The lowest BCUT2D eigenvalue weighted by Crippen LogP contribution is -2.50. The first-order valence-corrected chi connectivity index (χ1v) is 11.1. The minimum absolute atomic E-state index is 0.0137. The number of anilines is 1. The number of pyridine rings is 1. The normalized spacial score (nSPS) is 14.6. The molecular formula is C23H20F4N8O2.